The number of hydrogen-bond donors (Lipinski definition) is 1. The molecule has 6 nitrogen and oxygen atoms in total. The number of hydrogen-bond acceptors (Lipinski definition) is 5. The average Bonchev–Trinajstić information content (AvgIpc) is 3.47. The minimum absolute atomic E-state index is 0.134. The van der Waals surface area contributed by atoms with Gasteiger partial charge in [0.1, 0.15) is 5.01 Å². The summed E-state index contributed by atoms with van der Waals surface area (Å²) >= 11 is 1.54. The maximum Gasteiger partial charge on any atom is 0.272 e. The SMILES string of the molecule is O=C(NCc1nccs1)c1nn(Cc2ccccc2)c2c1CN(Cc1ccccc1)CC2. The molecule has 0 saturated heterocycles. The number of nitrogens with one attached hydrogen (secondary N) is 1. The minimum Gasteiger partial charge on any atom is -0.344 e. The van der Waals surface area contributed by atoms with E-state index in [0.717, 1.165) is 42.3 Å². The van der Waals surface area contributed by atoms with Crippen molar-refractivity contribution < 1.29 is 4.79 Å². The Morgan fingerprint density at radius 2 is 1.72 bits per heavy atom. The number of rotatable bonds is 7. The molecule has 2 aromatic heterocycles. The first-order valence-corrected chi connectivity index (χ1v) is 11.7. The van der Waals surface area contributed by atoms with Crippen LogP contribution in [-0.4, -0.2) is 32.1 Å². The number of benzene rings is 2. The molecule has 0 radical (unpaired) electrons. The van der Waals surface area contributed by atoms with Crippen LogP contribution < -0.4 is 5.32 Å². The summed E-state index contributed by atoms with van der Waals surface area (Å²) in [5, 5.41) is 10.6. The molecular weight excluding hydrogens is 418 g/mol. The lowest BCUT2D eigenvalue weighted by Gasteiger charge is -2.27. The van der Waals surface area contributed by atoms with Crippen LogP contribution >= 0.6 is 11.3 Å². The zero-order chi connectivity index (χ0) is 21.8. The van der Waals surface area contributed by atoms with Gasteiger partial charge in [-0.2, -0.15) is 5.10 Å². The molecule has 0 aliphatic carbocycles. The van der Waals surface area contributed by atoms with E-state index in [1.54, 1.807) is 6.20 Å². The lowest BCUT2D eigenvalue weighted by molar-refractivity contribution is 0.0942. The number of carbonyl (C=O) groups is 1. The van der Waals surface area contributed by atoms with Crippen LogP contribution in [0.4, 0.5) is 0 Å². The fraction of sp³-hybridized carbons (Fsp3) is 0.240. The van der Waals surface area contributed by atoms with Gasteiger partial charge < -0.3 is 5.32 Å². The number of fused-ring (bicyclic) bond motifs is 1. The van der Waals surface area contributed by atoms with Crippen molar-refractivity contribution in [1.29, 1.82) is 0 Å². The molecule has 0 spiro atoms. The number of carbonyl (C=O) groups excluding carboxylic acids is 1. The van der Waals surface area contributed by atoms with Crippen molar-refractivity contribution in [2.24, 2.45) is 0 Å². The molecule has 0 atom stereocenters. The number of aromatic nitrogens is 3. The zero-order valence-electron chi connectivity index (χ0n) is 17.8. The molecule has 0 saturated carbocycles. The number of amides is 1. The molecule has 32 heavy (non-hydrogen) atoms. The Hall–Kier alpha value is -3.29. The molecule has 3 heterocycles. The second-order valence-electron chi connectivity index (χ2n) is 7.97. The van der Waals surface area contributed by atoms with Gasteiger partial charge in [-0.3, -0.25) is 14.4 Å². The smallest absolute Gasteiger partial charge is 0.272 e. The standard InChI is InChI=1S/C25H25N5OS/c31-25(27-15-23-26-12-14-32-23)24-21-18-29(16-19-7-3-1-4-8-19)13-11-22(21)30(28-24)17-20-9-5-2-6-10-20/h1-10,12,14H,11,13,15-18H2,(H,27,31). The summed E-state index contributed by atoms with van der Waals surface area (Å²) in [4.78, 5) is 19.8. The molecule has 1 N–H and O–H groups in total. The van der Waals surface area contributed by atoms with Gasteiger partial charge in [-0.1, -0.05) is 60.7 Å². The molecule has 1 aliphatic heterocycles. The third-order valence-corrected chi connectivity index (χ3v) is 6.52. The van der Waals surface area contributed by atoms with Crippen molar-refractivity contribution in [3.8, 4) is 0 Å². The lowest BCUT2D eigenvalue weighted by Crippen LogP contribution is -2.32. The first kappa shape index (κ1) is 20.6. The van der Waals surface area contributed by atoms with Gasteiger partial charge in [-0.05, 0) is 11.1 Å². The lowest BCUT2D eigenvalue weighted by atomic mass is 10.0. The molecule has 2 aromatic carbocycles. The van der Waals surface area contributed by atoms with Gasteiger partial charge in [0.25, 0.3) is 5.91 Å². The second-order valence-corrected chi connectivity index (χ2v) is 8.95. The van der Waals surface area contributed by atoms with E-state index in [1.165, 1.54) is 22.5 Å². The summed E-state index contributed by atoms with van der Waals surface area (Å²) in [5.41, 5.74) is 5.20. The van der Waals surface area contributed by atoms with Crippen LogP contribution in [0.25, 0.3) is 0 Å². The van der Waals surface area contributed by atoms with Gasteiger partial charge in [-0.15, -0.1) is 11.3 Å². The fourth-order valence-electron chi connectivity index (χ4n) is 4.17. The predicted octanol–water partition coefficient (Wildman–Crippen LogP) is 3.88. The molecule has 4 aromatic rings. The van der Waals surface area contributed by atoms with Crippen molar-refractivity contribution in [2.75, 3.05) is 6.54 Å². The molecule has 0 fully saturated rings. The van der Waals surface area contributed by atoms with Crippen molar-refractivity contribution in [3.05, 3.63) is 105 Å². The average molecular weight is 444 g/mol. The Labute approximate surface area is 191 Å². The minimum atomic E-state index is -0.134. The van der Waals surface area contributed by atoms with Crippen molar-refractivity contribution in [1.82, 2.24) is 25.0 Å². The van der Waals surface area contributed by atoms with E-state index < -0.39 is 0 Å². The molecule has 0 bridgehead atoms. The maximum atomic E-state index is 13.1. The zero-order valence-corrected chi connectivity index (χ0v) is 18.6. The highest BCUT2D eigenvalue weighted by atomic mass is 32.1. The first-order valence-electron chi connectivity index (χ1n) is 10.8. The third-order valence-electron chi connectivity index (χ3n) is 5.74. The Morgan fingerprint density at radius 3 is 2.41 bits per heavy atom. The second kappa shape index (κ2) is 9.46. The van der Waals surface area contributed by atoms with E-state index in [2.05, 4.69) is 51.6 Å². The Bertz CT molecular complexity index is 1170. The van der Waals surface area contributed by atoms with Crippen molar-refractivity contribution >= 4 is 17.2 Å². The van der Waals surface area contributed by atoms with Crippen LogP contribution in [0.2, 0.25) is 0 Å². The van der Waals surface area contributed by atoms with Crippen molar-refractivity contribution in [3.63, 3.8) is 0 Å². The first-order chi connectivity index (χ1) is 15.8. The van der Waals surface area contributed by atoms with Crippen LogP contribution in [-0.2, 0) is 32.6 Å². The molecule has 5 rings (SSSR count). The van der Waals surface area contributed by atoms with Gasteiger partial charge in [0, 0.05) is 48.9 Å². The largest absolute Gasteiger partial charge is 0.344 e. The van der Waals surface area contributed by atoms with Crippen LogP contribution in [0, 0.1) is 0 Å². The van der Waals surface area contributed by atoms with Gasteiger partial charge >= 0.3 is 0 Å². The molecule has 0 unspecified atom stereocenters. The summed E-state index contributed by atoms with van der Waals surface area (Å²) < 4.78 is 2.02. The Kier molecular flexibility index (Phi) is 6.09. The van der Waals surface area contributed by atoms with E-state index in [-0.39, 0.29) is 5.91 Å². The summed E-state index contributed by atoms with van der Waals surface area (Å²) in [5.74, 6) is -0.134. The van der Waals surface area contributed by atoms with Gasteiger partial charge in [-0.25, -0.2) is 4.98 Å². The fourth-order valence-corrected chi connectivity index (χ4v) is 4.73. The highest BCUT2D eigenvalue weighted by molar-refractivity contribution is 7.09. The normalized spacial score (nSPS) is 13.6. The van der Waals surface area contributed by atoms with E-state index in [9.17, 15) is 4.79 Å². The topological polar surface area (TPSA) is 63.1 Å². The summed E-state index contributed by atoms with van der Waals surface area (Å²) in [6, 6.07) is 20.8. The van der Waals surface area contributed by atoms with E-state index in [1.807, 2.05) is 34.3 Å². The Morgan fingerprint density at radius 1 is 1.00 bits per heavy atom. The van der Waals surface area contributed by atoms with E-state index in [4.69, 9.17) is 5.10 Å². The van der Waals surface area contributed by atoms with Crippen LogP contribution in [0.3, 0.4) is 0 Å². The van der Waals surface area contributed by atoms with Gasteiger partial charge in [0.15, 0.2) is 5.69 Å². The summed E-state index contributed by atoms with van der Waals surface area (Å²) in [6.45, 7) is 3.62. The van der Waals surface area contributed by atoms with Gasteiger partial charge in [0.2, 0.25) is 0 Å². The van der Waals surface area contributed by atoms with Crippen LogP contribution in [0.1, 0.15) is 37.9 Å². The third kappa shape index (κ3) is 4.64. The molecule has 1 aliphatic rings. The van der Waals surface area contributed by atoms with Crippen LogP contribution in [0.15, 0.2) is 72.2 Å². The highest BCUT2D eigenvalue weighted by Gasteiger charge is 2.28. The maximum absolute atomic E-state index is 13.1. The molecule has 162 valence electrons. The highest BCUT2D eigenvalue weighted by Crippen LogP contribution is 2.25. The molecule has 7 heteroatoms. The summed E-state index contributed by atoms with van der Waals surface area (Å²) in [6.07, 6.45) is 2.63. The molecular formula is C25H25N5OS. The van der Waals surface area contributed by atoms with Crippen molar-refractivity contribution in [2.45, 2.75) is 32.6 Å². The van der Waals surface area contributed by atoms with Crippen LogP contribution in [0.5, 0.6) is 0 Å². The summed E-state index contributed by atoms with van der Waals surface area (Å²) in [7, 11) is 0. The van der Waals surface area contributed by atoms with E-state index >= 15 is 0 Å². The number of thiazole rings is 1. The predicted molar refractivity (Wildman–Crippen MR) is 125 cm³/mol. The number of nitrogens with zero attached hydrogens (tertiary/aromatic N) is 4. The molecule has 1 amide bonds. The van der Waals surface area contributed by atoms with E-state index in [0.29, 0.717) is 18.8 Å². The monoisotopic (exact) mass is 443 g/mol. The van der Waals surface area contributed by atoms with Gasteiger partial charge in [0.05, 0.1) is 13.1 Å². The Balaban J connectivity index is 1.40. The quantitative estimate of drug-likeness (QED) is 0.471.